The lowest BCUT2D eigenvalue weighted by atomic mass is 9.83. The Balaban J connectivity index is 1.54. The number of quaternary nitrogens is 1. The van der Waals surface area contributed by atoms with Crippen LogP contribution in [0.15, 0.2) is 48.5 Å². The summed E-state index contributed by atoms with van der Waals surface area (Å²) in [4.78, 5) is 17.4. The molecule has 0 bridgehead atoms. The molecular formula is C25H33N2O3+. The van der Waals surface area contributed by atoms with E-state index in [9.17, 15) is 4.79 Å². The van der Waals surface area contributed by atoms with Gasteiger partial charge in [0, 0.05) is 19.4 Å². The van der Waals surface area contributed by atoms with Gasteiger partial charge in [0.1, 0.15) is 13.2 Å². The third-order valence-corrected chi connectivity index (χ3v) is 6.34. The second kappa shape index (κ2) is 9.09. The molecule has 0 aliphatic carbocycles. The van der Waals surface area contributed by atoms with Gasteiger partial charge in [-0.25, -0.2) is 0 Å². The first kappa shape index (κ1) is 20.7. The number of carbonyl (C=O) groups is 1. The Morgan fingerprint density at radius 2 is 1.70 bits per heavy atom. The molecule has 0 spiro atoms. The van der Waals surface area contributed by atoms with Crippen molar-refractivity contribution < 1.29 is 19.2 Å². The summed E-state index contributed by atoms with van der Waals surface area (Å²) < 4.78 is 11.4. The fourth-order valence-electron chi connectivity index (χ4n) is 4.45. The highest BCUT2D eigenvalue weighted by molar-refractivity contribution is 5.87. The second-order valence-corrected chi connectivity index (χ2v) is 8.90. The van der Waals surface area contributed by atoms with E-state index in [1.807, 2.05) is 67.3 Å². The van der Waals surface area contributed by atoms with Gasteiger partial charge in [0.2, 0.25) is 5.91 Å². The SMILES string of the molecule is CC(C)(C(=O)N(CC[NH+]1CCCC1)Cc1ccc2c(c1)OCCO2)c1ccccc1. The molecule has 5 heteroatoms. The molecule has 1 fully saturated rings. The summed E-state index contributed by atoms with van der Waals surface area (Å²) in [6.45, 7) is 10.00. The Labute approximate surface area is 179 Å². The molecule has 30 heavy (non-hydrogen) atoms. The van der Waals surface area contributed by atoms with Gasteiger partial charge in [-0.1, -0.05) is 36.4 Å². The van der Waals surface area contributed by atoms with Crippen LogP contribution in [0.1, 0.15) is 37.8 Å². The molecule has 2 heterocycles. The highest BCUT2D eigenvalue weighted by Crippen LogP contribution is 2.32. The van der Waals surface area contributed by atoms with Crippen LogP contribution in [-0.4, -0.2) is 50.2 Å². The zero-order valence-electron chi connectivity index (χ0n) is 18.2. The van der Waals surface area contributed by atoms with E-state index in [1.54, 1.807) is 4.90 Å². The Bertz CT molecular complexity index is 860. The van der Waals surface area contributed by atoms with Gasteiger partial charge in [0.15, 0.2) is 11.5 Å². The molecule has 0 unspecified atom stereocenters. The van der Waals surface area contributed by atoms with E-state index in [0.717, 1.165) is 35.7 Å². The second-order valence-electron chi connectivity index (χ2n) is 8.90. The van der Waals surface area contributed by atoms with Gasteiger partial charge in [-0.15, -0.1) is 0 Å². The first-order valence-corrected chi connectivity index (χ1v) is 11.1. The van der Waals surface area contributed by atoms with Crippen LogP contribution in [-0.2, 0) is 16.8 Å². The molecule has 0 aromatic heterocycles. The topological polar surface area (TPSA) is 43.2 Å². The number of amides is 1. The fraction of sp³-hybridized carbons (Fsp3) is 0.480. The normalized spacial score (nSPS) is 16.5. The largest absolute Gasteiger partial charge is 0.486 e. The molecular weight excluding hydrogens is 376 g/mol. The Morgan fingerprint density at radius 3 is 2.43 bits per heavy atom. The number of benzene rings is 2. The molecule has 160 valence electrons. The summed E-state index contributed by atoms with van der Waals surface area (Å²) in [5.41, 5.74) is 1.55. The van der Waals surface area contributed by atoms with Crippen LogP contribution in [0, 0.1) is 0 Å². The van der Waals surface area contributed by atoms with E-state index in [0.29, 0.717) is 19.8 Å². The maximum absolute atomic E-state index is 13.7. The number of nitrogens with zero attached hydrogens (tertiary/aromatic N) is 1. The molecule has 1 amide bonds. The van der Waals surface area contributed by atoms with Crippen LogP contribution in [0.3, 0.4) is 0 Å². The molecule has 2 aromatic rings. The first-order chi connectivity index (χ1) is 14.5. The number of fused-ring (bicyclic) bond motifs is 1. The third-order valence-electron chi connectivity index (χ3n) is 6.34. The smallest absolute Gasteiger partial charge is 0.233 e. The molecule has 0 saturated carbocycles. The van der Waals surface area contributed by atoms with E-state index in [4.69, 9.17) is 9.47 Å². The minimum Gasteiger partial charge on any atom is -0.486 e. The van der Waals surface area contributed by atoms with Gasteiger partial charge in [-0.2, -0.15) is 0 Å². The number of ether oxygens (including phenoxy) is 2. The summed E-state index contributed by atoms with van der Waals surface area (Å²) in [5.74, 6) is 1.73. The van der Waals surface area contributed by atoms with E-state index in [1.165, 1.54) is 25.9 Å². The summed E-state index contributed by atoms with van der Waals surface area (Å²) in [6, 6.07) is 16.1. The summed E-state index contributed by atoms with van der Waals surface area (Å²) in [7, 11) is 0. The number of rotatable bonds is 7. The minimum absolute atomic E-state index is 0.169. The lowest BCUT2D eigenvalue weighted by Gasteiger charge is -2.33. The molecule has 2 aromatic carbocycles. The number of likely N-dealkylation sites (tertiary alicyclic amines) is 1. The maximum atomic E-state index is 13.7. The van der Waals surface area contributed by atoms with Crippen molar-refractivity contribution in [3.8, 4) is 11.5 Å². The van der Waals surface area contributed by atoms with Crippen molar-refractivity contribution in [1.29, 1.82) is 0 Å². The van der Waals surface area contributed by atoms with Crippen LogP contribution >= 0.6 is 0 Å². The molecule has 4 rings (SSSR count). The predicted octanol–water partition coefficient (Wildman–Crippen LogP) is 2.44. The number of carbonyl (C=O) groups excluding carboxylic acids is 1. The fourth-order valence-corrected chi connectivity index (χ4v) is 4.45. The van der Waals surface area contributed by atoms with Crippen molar-refractivity contribution in [2.45, 2.75) is 38.6 Å². The van der Waals surface area contributed by atoms with E-state index < -0.39 is 5.41 Å². The van der Waals surface area contributed by atoms with Crippen molar-refractivity contribution in [2.75, 3.05) is 39.4 Å². The van der Waals surface area contributed by atoms with E-state index in [2.05, 4.69) is 0 Å². The summed E-state index contributed by atoms with van der Waals surface area (Å²) >= 11 is 0. The molecule has 2 aliphatic rings. The lowest BCUT2D eigenvalue weighted by Crippen LogP contribution is -3.10. The average Bonchev–Trinajstić information content (AvgIpc) is 3.30. The van der Waals surface area contributed by atoms with Crippen molar-refractivity contribution in [3.05, 3.63) is 59.7 Å². The zero-order valence-corrected chi connectivity index (χ0v) is 18.2. The first-order valence-electron chi connectivity index (χ1n) is 11.1. The predicted molar refractivity (Wildman–Crippen MR) is 117 cm³/mol. The number of nitrogens with one attached hydrogen (secondary N) is 1. The van der Waals surface area contributed by atoms with Crippen LogP contribution in [0.25, 0.3) is 0 Å². The molecule has 1 N–H and O–H groups in total. The van der Waals surface area contributed by atoms with Crippen molar-refractivity contribution in [1.82, 2.24) is 4.90 Å². The van der Waals surface area contributed by atoms with E-state index >= 15 is 0 Å². The highest BCUT2D eigenvalue weighted by Gasteiger charge is 2.34. The van der Waals surface area contributed by atoms with Gasteiger partial charge < -0.3 is 19.3 Å². The lowest BCUT2D eigenvalue weighted by molar-refractivity contribution is -0.886. The number of hydrogen-bond acceptors (Lipinski definition) is 3. The van der Waals surface area contributed by atoms with Gasteiger partial charge in [0.25, 0.3) is 0 Å². The minimum atomic E-state index is -0.574. The highest BCUT2D eigenvalue weighted by atomic mass is 16.6. The maximum Gasteiger partial charge on any atom is 0.233 e. The van der Waals surface area contributed by atoms with Gasteiger partial charge in [0.05, 0.1) is 31.6 Å². The molecule has 5 nitrogen and oxygen atoms in total. The van der Waals surface area contributed by atoms with Crippen LogP contribution in [0.2, 0.25) is 0 Å². The summed E-state index contributed by atoms with van der Waals surface area (Å²) in [5, 5.41) is 0. The molecule has 1 saturated heterocycles. The molecule has 0 radical (unpaired) electrons. The Morgan fingerprint density at radius 1 is 1.00 bits per heavy atom. The molecule has 2 aliphatic heterocycles. The molecule has 0 atom stereocenters. The van der Waals surface area contributed by atoms with Crippen LogP contribution in [0.4, 0.5) is 0 Å². The third kappa shape index (κ3) is 4.62. The van der Waals surface area contributed by atoms with Gasteiger partial charge in [-0.05, 0) is 37.1 Å². The van der Waals surface area contributed by atoms with Crippen LogP contribution < -0.4 is 14.4 Å². The standard InChI is InChI=1S/C25H32N2O3/c1-25(2,21-8-4-3-5-9-21)24(28)27(15-14-26-12-6-7-13-26)19-20-10-11-22-23(18-20)30-17-16-29-22/h3-5,8-11,18H,6-7,12-17,19H2,1-2H3/p+1. The van der Waals surface area contributed by atoms with Crippen molar-refractivity contribution >= 4 is 5.91 Å². The monoisotopic (exact) mass is 409 g/mol. The zero-order chi connectivity index (χ0) is 21.0. The Hall–Kier alpha value is -2.53. The number of hydrogen-bond donors (Lipinski definition) is 1. The average molecular weight is 410 g/mol. The summed E-state index contributed by atoms with van der Waals surface area (Å²) in [6.07, 6.45) is 2.59. The van der Waals surface area contributed by atoms with Gasteiger partial charge in [-0.3, -0.25) is 4.79 Å². The van der Waals surface area contributed by atoms with Gasteiger partial charge >= 0.3 is 0 Å². The Kier molecular flexibility index (Phi) is 6.28. The van der Waals surface area contributed by atoms with Crippen molar-refractivity contribution in [2.24, 2.45) is 0 Å². The van der Waals surface area contributed by atoms with Crippen molar-refractivity contribution in [3.63, 3.8) is 0 Å². The quantitative estimate of drug-likeness (QED) is 0.764. The van der Waals surface area contributed by atoms with E-state index in [-0.39, 0.29) is 5.91 Å². The van der Waals surface area contributed by atoms with Crippen LogP contribution in [0.5, 0.6) is 11.5 Å².